The number of hydrogen-bond donors (Lipinski definition) is 2. The molecule has 0 saturated heterocycles. The van der Waals surface area contributed by atoms with E-state index in [9.17, 15) is 0 Å². The van der Waals surface area contributed by atoms with Crippen LogP contribution in [-0.2, 0) is 0 Å². The number of benzene rings is 2. The first-order valence-electron chi connectivity index (χ1n) is 4.72. The quantitative estimate of drug-likeness (QED) is 0.675. The van der Waals surface area contributed by atoms with Gasteiger partial charge in [-0.05, 0) is 5.46 Å². The lowest BCUT2D eigenvalue weighted by molar-refractivity contribution is 0.426. The standard InChI is InChI=1S/C6H7BO2.C6H6/c8-7(9)6-4-2-1-3-5-6;1-2-4-6-5-3-1/h1-5,8-9H;1-6H. The minimum atomic E-state index is -1.34. The van der Waals surface area contributed by atoms with Crippen molar-refractivity contribution in [3.8, 4) is 0 Å². The summed E-state index contributed by atoms with van der Waals surface area (Å²) in [5.74, 6) is 0. The molecule has 2 N–H and O–H groups in total. The molecule has 2 rings (SSSR count). The van der Waals surface area contributed by atoms with Gasteiger partial charge in [-0.15, -0.1) is 0 Å². The summed E-state index contributed by atoms with van der Waals surface area (Å²) in [6, 6.07) is 20.7. The van der Waals surface area contributed by atoms with Crippen LogP contribution in [0.2, 0.25) is 0 Å². The van der Waals surface area contributed by atoms with E-state index < -0.39 is 7.12 Å². The predicted octanol–water partition coefficient (Wildman–Crippen LogP) is 1.05. The smallest absolute Gasteiger partial charge is 0.423 e. The van der Waals surface area contributed by atoms with Gasteiger partial charge in [0.05, 0.1) is 0 Å². The van der Waals surface area contributed by atoms with Crippen LogP contribution < -0.4 is 5.46 Å². The lowest BCUT2D eigenvalue weighted by Gasteiger charge is -1.94. The van der Waals surface area contributed by atoms with Crippen LogP contribution in [0.5, 0.6) is 0 Å². The van der Waals surface area contributed by atoms with E-state index in [4.69, 9.17) is 10.0 Å². The normalized spacial score (nSPS) is 8.67. The second kappa shape index (κ2) is 6.82. The molecule has 2 nitrogen and oxygen atoms in total. The molecule has 0 radical (unpaired) electrons. The molecule has 2 aromatic rings. The Morgan fingerprint density at radius 3 is 1.20 bits per heavy atom. The van der Waals surface area contributed by atoms with Gasteiger partial charge in [0.25, 0.3) is 0 Å². The molecular formula is C12H13BO2. The van der Waals surface area contributed by atoms with Gasteiger partial charge in [0, 0.05) is 0 Å². The topological polar surface area (TPSA) is 40.5 Å². The van der Waals surface area contributed by atoms with Crippen LogP contribution in [0, 0.1) is 0 Å². The van der Waals surface area contributed by atoms with Crippen LogP contribution in [0.15, 0.2) is 66.7 Å². The van der Waals surface area contributed by atoms with E-state index in [2.05, 4.69) is 0 Å². The summed E-state index contributed by atoms with van der Waals surface area (Å²) in [7, 11) is -1.34. The van der Waals surface area contributed by atoms with E-state index in [0.717, 1.165) is 0 Å². The van der Waals surface area contributed by atoms with Gasteiger partial charge >= 0.3 is 7.12 Å². The van der Waals surface area contributed by atoms with Gasteiger partial charge in [0.2, 0.25) is 0 Å². The van der Waals surface area contributed by atoms with Crippen molar-refractivity contribution in [1.82, 2.24) is 0 Å². The molecular weight excluding hydrogens is 187 g/mol. The summed E-state index contributed by atoms with van der Waals surface area (Å²) < 4.78 is 0. The Labute approximate surface area is 90.0 Å². The molecule has 0 bridgehead atoms. The van der Waals surface area contributed by atoms with Crippen molar-refractivity contribution >= 4 is 12.6 Å². The van der Waals surface area contributed by atoms with Crippen molar-refractivity contribution in [2.24, 2.45) is 0 Å². The fourth-order valence-corrected chi connectivity index (χ4v) is 1.01. The van der Waals surface area contributed by atoms with E-state index in [0.29, 0.717) is 5.46 Å². The van der Waals surface area contributed by atoms with E-state index in [-0.39, 0.29) is 0 Å². The maximum atomic E-state index is 8.58. The van der Waals surface area contributed by atoms with Crippen molar-refractivity contribution in [3.63, 3.8) is 0 Å². The highest BCUT2D eigenvalue weighted by molar-refractivity contribution is 6.58. The third kappa shape index (κ3) is 5.01. The Kier molecular flexibility index (Phi) is 5.23. The highest BCUT2D eigenvalue weighted by Crippen LogP contribution is 1.82. The largest absolute Gasteiger partial charge is 0.488 e. The summed E-state index contributed by atoms with van der Waals surface area (Å²) in [6.45, 7) is 0. The molecule has 0 amide bonds. The van der Waals surface area contributed by atoms with Crippen molar-refractivity contribution in [3.05, 3.63) is 66.7 Å². The van der Waals surface area contributed by atoms with Gasteiger partial charge in [-0.1, -0.05) is 66.7 Å². The molecule has 3 heteroatoms. The molecule has 0 fully saturated rings. The molecule has 0 aliphatic heterocycles. The predicted molar refractivity (Wildman–Crippen MR) is 62.7 cm³/mol. The summed E-state index contributed by atoms with van der Waals surface area (Å²) >= 11 is 0. The van der Waals surface area contributed by atoms with Gasteiger partial charge in [0.15, 0.2) is 0 Å². The molecule has 0 heterocycles. The minimum Gasteiger partial charge on any atom is -0.423 e. The Balaban J connectivity index is 0.000000162. The van der Waals surface area contributed by atoms with Crippen molar-refractivity contribution in [1.29, 1.82) is 0 Å². The first-order chi connectivity index (χ1) is 7.30. The summed E-state index contributed by atoms with van der Waals surface area (Å²) in [5.41, 5.74) is 0.525. The van der Waals surface area contributed by atoms with Crippen LogP contribution in [0.3, 0.4) is 0 Å². The maximum Gasteiger partial charge on any atom is 0.488 e. The van der Waals surface area contributed by atoms with Crippen LogP contribution in [-0.4, -0.2) is 17.2 Å². The Morgan fingerprint density at radius 2 is 0.933 bits per heavy atom. The number of rotatable bonds is 1. The summed E-state index contributed by atoms with van der Waals surface area (Å²) in [5, 5.41) is 17.2. The third-order valence-corrected chi connectivity index (χ3v) is 1.76. The Bertz CT molecular complexity index is 322. The minimum absolute atomic E-state index is 0.525. The van der Waals surface area contributed by atoms with E-state index in [1.54, 1.807) is 24.3 Å². The van der Waals surface area contributed by atoms with Gasteiger partial charge in [-0.3, -0.25) is 0 Å². The van der Waals surface area contributed by atoms with Crippen LogP contribution in [0.4, 0.5) is 0 Å². The zero-order chi connectivity index (χ0) is 10.9. The SMILES string of the molecule is OB(O)c1ccccc1.c1ccccc1. The van der Waals surface area contributed by atoms with Gasteiger partial charge in [-0.2, -0.15) is 0 Å². The molecule has 15 heavy (non-hydrogen) atoms. The van der Waals surface area contributed by atoms with E-state index in [1.165, 1.54) is 0 Å². The van der Waals surface area contributed by atoms with Crippen molar-refractivity contribution < 1.29 is 10.0 Å². The average molecular weight is 200 g/mol. The van der Waals surface area contributed by atoms with Crippen LogP contribution in [0.1, 0.15) is 0 Å². The molecule has 0 spiro atoms. The average Bonchev–Trinajstić information content (AvgIpc) is 2.33. The fourth-order valence-electron chi connectivity index (χ4n) is 1.01. The lowest BCUT2D eigenvalue weighted by Crippen LogP contribution is -2.29. The van der Waals surface area contributed by atoms with Crippen molar-refractivity contribution in [2.75, 3.05) is 0 Å². The summed E-state index contributed by atoms with van der Waals surface area (Å²) in [4.78, 5) is 0. The van der Waals surface area contributed by atoms with Gasteiger partial charge in [0.1, 0.15) is 0 Å². The highest BCUT2D eigenvalue weighted by atomic mass is 16.4. The highest BCUT2D eigenvalue weighted by Gasteiger charge is 2.07. The molecule has 0 unspecified atom stereocenters. The third-order valence-electron chi connectivity index (χ3n) is 1.76. The first kappa shape index (κ1) is 11.5. The van der Waals surface area contributed by atoms with Gasteiger partial charge < -0.3 is 10.0 Å². The summed E-state index contributed by atoms with van der Waals surface area (Å²) in [6.07, 6.45) is 0. The zero-order valence-electron chi connectivity index (χ0n) is 8.32. The molecule has 0 aliphatic carbocycles. The first-order valence-corrected chi connectivity index (χ1v) is 4.72. The van der Waals surface area contributed by atoms with Crippen LogP contribution >= 0.6 is 0 Å². The second-order valence-corrected chi connectivity index (χ2v) is 2.94. The second-order valence-electron chi connectivity index (χ2n) is 2.94. The van der Waals surface area contributed by atoms with E-state index >= 15 is 0 Å². The molecule has 76 valence electrons. The molecule has 2 aromatic carbocycles. The lowest BCUT2D eigenvalue weighted by atomic mass is 9.81. The zero-order valence-corrected chi connectivity index (χ0v) is 8.32. The van der Waals surface area contributed by atoms with E-state index in [1.807, 2.05) is 42.5 Å². The molecule has 0 aliphatic rings. The fraction of sp³-hybridized carbons (Fsp3) is 0. The van der Waals surface area contributed by atoms with Crippen molar-refractivity contribution in [2.45, 2.75) is 0 Å². The molecule has 0 aromatic heterocycles. The van der Waals surface area contributed by atoms with Crippen LogP contribution in [0.25, 0.3) is 0 Å². The molecule has 0 saturated carbocycles. The Hall–Kier alpha value is -1.58. The van der Waals surface area contributed by atoms with Gasteiger partial charge in [-0.25, -0.2) is 0 Å². The Morgan fingerprint density at radius 1 is 0.600 bits per heavy atom. The molecule has 0 atom stereocenters. The monoisotopic (exact) mass is 200 g/mol. The maximum absolute atomic E-state index is 8.58. The number of hydrogen-bond acceptors (Lipinski definition) is 2.